The van der Waals surface area contributed by atoms with E-state index >= 15 is 0 Å². The van der Waals surface area contributed by atoms with Gasteiger partial charge in [-0.25, -0.2) is 8.42 Å². The van der Waals surface area contributed by atoms with Crippen molar-refractivity contribution in [2.24, 2.45) is 0 Å². The largest absolute Gasteiger partial charge is 0.493 e. The Bertz CT molecular complexity index is 1150. The van der Waals surface area contributed by atoms with Gasteiger partial charge < -0.3 is 19.1 Å². The van der Waals surface area contributed by atoms with Crippen LogP contribution in [0.5, 0.6) is 17.2 Å². The van der Waals surface area contributed by atoms with Crippen molar-refractivity contribution in [2.75, 3.05) is 40.5 Å². The van der Waals surface area contributed by atoms with Gasteiger partial charge in [0.2, 0.25) is 10.0 Å². The zero-order valence-corrected chi connectivity index (χ0v) is 24.6. The predicted octanol–water partition coefficient (Wildman–Crippen LogP) is 5.88. The number of sulfonamides is 1. The van der Waals surface area contributed by atoms with Crippen molar-refractivity contribution in [3.63, 3.8) is 0 Å². The van der Waals surface area contributed by atoms with Gasteiger partial charge in [0.25, 0.3) is 3.91 Å². The lowest BCUT2D eigenvalue weighted by Gasteiger charge is -2.36. The highest BCUT2D eigenvalue weighted by molar-refractivity contribution is 14.1. The molecule has 0 aliphatic carbocycles. The molecule has 1 unspecified atom stereocenters. The predicted molar refractivity (Wildman–Crippen MR) is 149 cm³/mol. The lowest BCUT2D eigenvalue weighted by molar-refractivity contribution is 0.186. The number of ether oxygens (including phenoxy) is 3. The third-order valence-electron chi connectivity index (χ3n) is 5.98. The Morgan fingerprint density at radius 3 is 2.39 bits per heavy atom. The van der Waals surface area contributed by atoms with E-state index in [2.05, 4.69) is 0 Å². The second-order valence-electron chi connectivity index (χ2n) is 8.26. The molecule has 1 saturated heterocycles. The summed E-state index contributed by atoms with van der Waals surface area (Å²) in [5.74, 6) is 1.75. The molecular weight excluding hydrogens is 642 g/mol. The number of halogens is 3. The van der Waals surface area contributed by atoms with E-state index < -0.39 is 10.0 Å². The zero-order chi connectivity index (χ0) is 26.3. The highest BCUT2D eigenvalue weighted by Gasteiger charge is 2.34. The molecule has 198 valence electrons. The van der Waals surface area contributed by atoms with Crippen molar-refractivity contribution in [3.8, 4) is 17.2 Å². The maximum absolute atomic E-state index is 13.4. The molecule has 12 heteroatoms. The molecule has 1 atom stereocenters. The number of rotatable bonds is 11. The molecule has 0 spiro atoms. The van der Waals surface area contributed by atoms with Crippen LogP contribution in [-0.4, -0.2) is 68.0 Å². The number of piperidine rings is 1. The summed E-state index contributed by atoms with van der Waals surface area (Å²) in [5.41, 5.74) is 0. The standard InChI is InChI=1S/C24H29Cl2IN2O6S/c1-33-22-7-6-20(16-23(22)34-2)35-12-11-28(24(27)30)10-8-19-5-3-4-9-29(19)36(31,32)21-14-17(25)13-18(26)15-21/h6-7,13-16,19H,3-5,8-12H2,1-2H3. The number of methoxy groups -OCH3 is 2. The molecule has 0 radical (unpaired) electrons. The number of hydrogen-bond donors (Lipinski definition) is 0. The Labute approximate surface area is 236 Å². The molecular formula is C24H29Cl2IN2O6S. The van der Waals surface area contributed by atoms with Gasteiger partial charge in [0, 0.05) is 57.8 Å². The van der Waals surface area contributed by atoms with Crippen molar-refractivity contribution in [1.82, 2.24) is 9.21 Å². The Hall–Kier alpha value is -1.47. The lowest BCUT2D eigenvalue weighted by atomic mass is 10.0. The van der Waals surface area contributed by atoms with Gasteiger partial charge in [0.1, 0.15) is 12.4 Å². The first-order valence-corrected chi connectivity index (χ1v) is 14.7. The van der Waals surface area contributed by atoms with Crippen LogP contribution in [0.15, 0.2) is 41.3 Å². The Morgan fingerprint density at radius 1 is 1.06 bits per heavy atom. The number of carbonyl (C=O) groups is 1. The van der Waals surface area contributed by atoms with E-state index in [-0.39, 0.29) is 31.5 Å². The SMILES string of the molecule is COc1ccc(OCCN(CCC2CCCCN2S(=O)(=O)c2cc(Cl)cc(Cl)c2)C(=O)I)cc1OC. The molecule has 36 heavy (non-hydrogen) atoms. The van der Waals surface area contributed by atoms with Crippen molar-refractivity contribution >= 4 is 59.7 Å². The second kappa shape index (κ2) is 13.4. The quantitative estimate of drug-likeness (QED) is 0.169. The number of benzene rings is 2. The van der Waals surface area contributed by atoms with Gasteiger partial charge in [-0.05, 0) is 49.6 Å². The van der Waals surface area contributed by atoms with Crippen molar-refractivity contribution in [1.29, 1.82) is 0 Å². The van der Waals surface area contributed by atoms with E-state index in [4.69, 9.17) is 37.4 Å². The topological polar surface area (TPSA) is 85.4 Å². The average molecular weight is 671 g/mol. The van der Waals surface area contributed by atoms with Crippen LogP contribution in [0.2, 0.25) is 10.0 Å². The van der Waals surface area contributed by atoms with Crippen molar-refractivity contribution in [3.05, 3.63) is 46.4 Å². The van der Waals surface area contributed by atoms with Gasteiger partial charge >= 0.3 is 0 Å². The highest BCUT2D eigenvalue weighted by Crippen LogP contribution is 2.32. The fraction of sp³-hybridized carbons (Fsp3) is 0.458. The van der Waals surface area contributed by atoms with Crippen LogP contribution in [0.1, 0.15) is 25.7 Å². The van der Waals surface area contributed by atoms with Gasteiger partial charge in [-0.15, -0.1) is 0 Å². The second-order valence-corrected chi connectivity index (χ2v) is 12.0. The summed E-state index contributed by atoms with van der Waals surface area (Å²) in [5, 5.41) is 0.539. The van der Waals surface area contributed by atoms with Crippen LogP contribution in [0, 0.1) is 0 Å². The van der Waals surface area contributed by atoms with Crippen molar-refractivity contribution < 1.29 is 27.4 Å². The van der Waals surface area contributed by atoms with E-state index in [1.54, 1.807) is 59.9 Å². The number of amides is 1. The summed E-state index contributed by atoms with van der Waals surface area (Å²) in [6, 6.07) is 9.35. The van der Waals surface area contributed by atoms with Gasteiger partial charge in [-0.1, -0.05) is 29.6 Å². The van der Waals surface area contributed by atoms with Gasteiger partial charge in [0.05, 0.1) is 25.7 Å². The zero-order valence-electron chi connectivity index (χ0n) is 20.1. The van der Waals surface area contributed by atoms with E-state index in [0.717, 1.165) is 19.3 Å². The minimum absolute atomic E-state index is 0.0806. The number of nitrogens with zero attached hydrogens (tertiary/aromatic N) is 2. The van der Waals surface area contributed by atoms with Crippen LogP contribution in [0.3, 0.4) is 0 Å². The normalized spacial score (nSPS) is 16.4. The number of carbonyl (C=O) groups excluding carboxylic acids is 1. The Morgan fingerprint density at radius 2 is 1.75 bits per heavy atom. The summed E-state index contributed by atoms with van der Waals surface area (Å²) in [7, 11) is -0.667. The molecule has 0 N–H and O–H groups in total. The molecule has 0 saturated carbocycles. The van der Waals surface area contributed by atoms with Crippen LogP contribution in [0.4, 0.5) is 4.79 Å². The van der Waals surface area contributed by atoms with Gasteiger partial charge in [-0.3, -0.25) is 4.79 Å². The minimum Gasteiger partial charge on any atom is -0.493 e. The summed E-state index contributed by atoms with van der Waals surface area (Å²) < 4.78 is 44.5. The molecule has 2 aromatic rings. The van der Waals surface area contributed by atoms with Crippen molar-refractivity contribution in [2.45, 2.75) is 36.6 Å². The molecule has 1 aliphatic heterocycles. The molecule has 2 aromatic carbocycles. The van der Waals surface area contributed by atoms with Crippen LogP contribution < -0.4 is 14.2 Å². The maximum atomic E-state index is 13.4. The van der Waals surface area contributed by atoms with E-state index in [0.29, 0.717) is 43.3 Å². The first-order chi connectivity index (χ1) is 17.1. The molecule has 1 aliphatic rings. The molecule has 8 nitrogen and oxygen atoms in total. The van der Waals surface area contributed by atoms with Gasteiger partial charge in [0.15, 0.2) is 11.5 Å². The molecule has 1 amide bonds. The first kappa shape index (κ1) is 29.1. The van der Waals surface area contributed by atoms with Crippen LogP contribution in [-0.2, 0) is 10.0 Å². The Kier molecular flexibility index (Phi) is 10.8. The third kappa shape index (κ3) is 7.53. The molecule has 0 bridgehead atoms. The fourth-order valence-electron chi connectivity index (χ4n) is 4.16. The van der Waals surface area contributed by atoms with Crippen LogP contribution >= 0.6 is 45.8 Å². The molecule has 1 heterocycles. The maximum Gasteiger partial charge on any atom is 0.283 e. The monoisotopic (exact) mass is 670 g/mol. The summed E-state index contributed by atoms with van der Waals surface area (Å²) in [4.78, 5) is 14.0. The van der Waals surface area contributed by atoms with Gasteiger partial charge in [-0.2, -0.15) is 4.31 Å². The highest BCUT2D eigenvalue weighted by atomic mass is 127. The molecule has 0 aromatic heterocycles. The summed E-state index contributed by atoms with van der Waals surface area (Å²) >= 11 is 13.9. The van der Waals surface area contributed by atoms with E-state index in [1.807, 2.05) is 0 Å². The van der Waals surface area contributed by atoms with Crippen LogP contribution in [0.25, 0.3) is 0 Å². The minimum atomic E-state index is -3.78. The Balaban J connectivity index is 1.63. The van der Waals surface area contributed by atoms with E-state index in [1.165, 1.54) is 22.5 Å². The first-order valence-electron chi connectivity index (χ1n) is 11.4. The molecule has 1 fully saturated rings. The summed E-state index contributed by atoms with van der Waals surface area (Å²) in [6.45, 7) is 1.46. The fourth-order valence-corrected chi connectivity index (χ4v) is 7.10. The third-order valence-corrected chi connectivity index (χ3v) is 9.03. The van der Waals surface area contributed by atoms with E-state index in [9.17, 15) is 13.2 Å². The smallest absolute Gasteiger partial charge is 0.283 e. The lowest BCUT2D eigenvalue weighted by Crippen LogP contribution is -2.45. The summed E-state index contributed by atoms with van der Waals surface area (Å²) in [6.07, 6.45) is 2.93. The molecule has 3 rings (SSSR count). The average Bonchev–Trinajstić information content (AvgIpc) is 2.85. The number of hydrogen-bond acceptors (Lipinski definition) is 6.